The highest BCUT2D eigenvalue weighted by Gasteiger charge is 2.27. The van der Waals surface area contributed by atoms with Crippen LogP contribution in [0.5, 0.6) is 5.75 Å². The molecule has 2 heterocycles. The first-order valence-corrected chi connectivity index (χ1v) is 9.17. The number of pyridine rings is 1. The molecule has 1 saturated heterocycles. The monoisotopic (exact) mass is 374 g/mol. The van der Waals surface area contributed by atoms with E-state index in [4.69, 9.17) is 16.3 Å². The van der Waals surface area contributed by atoms with Gasteiger partial charge in [-0.3, -0.25) is 9.59 Å². The van der Waals surface area contributed by atoms with Crippen LogP contribution < -0.4 is 10.3 Å². The third-order valence-electron chi connectivity index (χ3n) is 4.79. The quantitative estimate of drug-likeness (QED) is 0.808. The second-order valence-corrected chi connectivity index (χ2v) is 7.16. The van der Waals surface area contributed by atoms with Gasteiger partial charge in [0.1, 0.15) is 11.9 Å². The van der Waals surface area contributed by atoms with Crippen molar-refractivity contribution in [2.24, 2.45) is 7.05 Å². The summed E-state index contributed by atoms with van der Waals surface area (Å²) in [4.78, 5) is 26.1. The number of carbonyl (C=O) groups is 1. The van der Waals surface area contributed by atoms with E-state index in [9.17, 15) is 9.59 Å². The second-order valence-electron chi connectivity index (χ2n) is 6.73. The zero-order chi connectivity index (χ0) is 18.7. The molecule has 1 aromatic heterocycles. The van der Waals surface area contributed by atoms with Gasteiger partial charge in [-0.2, -0.15) is 0 Å². The van der Waals surface area contributed by atoms with Crippen LogP contribution in [0, 0.1) is 6.92 Å². The number of amides is 1. The minimum atomic E-state index is -0.0903. The van der Waals surface area contributed by atoms with Crippen molar-refractivity contribution in [2.45, 2.75) is 32.3 Å². The number of aryl methyl sites for hydroxylation is 2. The van der Waals surface area contributed by atoms with Gasteiger partial charge in [-0.25, -0.2) is 0 Å². The molecule has 0 spiro atoms. The van der Waals surface area contributed by atoms with Crippen molar-refractivity contribution in [1.29, 1.82) is 0 Å². The van der Waals surface area contributed by atoms with E-state index in [1.165, 1.54) is 6.07 Å². The Kier molecular flexibility index (Phi) is 5.67. The van der Waals surface area contributed by atoms with Gasteiger partial charge in [-0.1, -0.05) is 23.7 Å². The Hall–Kier alpha value is -2.27. The lowest BCUT2D eigenvalue weighted by atomic mass is 10.1. The van der Waals surface area contributed by atoms with Gasteiger partial charge >= 0.3 is 0 Å². The fraction of sp³-hybridized carbons (Fsp3) is 0.400. The van der Waals surface area contributed by atoms with E-state index in [0.717, 1.165) is 17.7 Å². The third-order valence-corrected chi connectivity index (χ3v) is 5.03. The maximum absolute atomic E-state index is 12.4. The minimum Gasteiger partial charge on any atom is -0.488 e. The van der Waals surface area contributed by atoms with Crippen LogP contribution in [0.4, 0.5) is 0 Å². The number of rotatable bonds is 5. The Bertz CT molecular complexity index is 862. The predicted molar refractivity (Wildman–Crippen MR) is 102 cm³/mol. The first-order valence-electron chi connectivity index (χ1n) is 8.79. The van der Waals surface area contributed by atoms with E-state index in [0.29, 0.717) is 36.7 Å². The van der Waals surface area contributed by atoms with E-state index in [1.54, 1.807) is 11.6 Å². The Labute approximate surface area is 158 Å². The van der Waals surface area contributed by atoms with Gasteiger partial charge in [-0.05, 0) is 37.1 Å². The Morgan fingerprint density at radius 2 is 2.12 bits per heavy atom. The standard InChI is InChI=1S/C20H23ClN2O3/c1-14-10-18(12-20(25)22(14)2)26-17-8-9-23(13-17)19(24)7-6-15-4-3-5-16(21)11-15/h3-5,10-12,17H,6-9,13H2,1-2H3. The summed E-state index contributed by atoms with van der Waals surface area (Å²) in [5.74, 6) is 0.694. The largest absolute Gasteiger partial charge is 0.488 e. The molecule has 1 aliphatic rings. The molecular formula is C20H23ClN2O3. The van der Waals surface area contributed by atoms with Crippen molar-refractivity contribution in [3.05, 3.63) is 63.0 Å². The summed E-state index contributed by atoms with van der Waals surface area (Å²) in [5.41, 5.74) is 1.82. The molecule has 3 rings (SSSR count). The maximum Gasteiger partial charge on any atom is 0.254 e. The van der Waals surface area contributed by atoms with Crippen LogP contribution in [0.1, 0.15) is 24.1 Å². The zero-order valence-electron chi connectivity index (χ0n) is 15.1. The number of ether oxygens (including phenoxy) is 1. The molecule has 0 saturated carbocycles. The van der Waals surface area contributed by atoms with Crippen LogP contribution in [0.25, 0.3) is 0 Å². The Morgan fingerprint density at radius 3 is 2.85 bits per heavy atom. The van der Waals surface area contributed by atoms with Crippen molar-refractivity contribution in [2.75, 3.05) is 13.1 Å². The van der Waals surface area contributed by atoms with Crippen LogP contribution >= 0.6 is 11.6 Å². The number of benzene rings is 1. The molecule has 0 bridgehead atoms. The summed E-state index contributed by atoms with van der Waals surface area (Å²) in [5, 5.41) is 0.689. The molecule has 0 aliphatic carbocycles. The van der Waals surface area contributed by atoms with E-state index in [-0.39, 0.29) is 17.6 Å². The zero-order valence-corrected chi connectivity index (χ0v) is 15.8. The first kappa shape index (κ1) is 18.5. The first-order chi connectivity index (χ1) is 12.4. The average Bonchev–Trinajstić information content (AvgIpc) is 3.06. The lowest BCUT2D eigenvalue weighted by molar-refractivity contribution is -0.130. The van der Waals surface area contributed by atoms with E-state index in [2.05, 4.69) is 0 Å². The van der Waals surface area contributed by atoms with E-state index >= 15 is 0 Å². The van der Waals surface area contributed by atoms with Crippen molar-refractivity contribution in [3.8, 4) is 5.75 Å². The van der Waals surface area contributed by atoms with Crippen molar-refractivity contribution >= 4 is 17.5 Å². The maximum atomic E-state index is 12.4. The molecule has 1 atom stereocenters. The SMILES string of the molecule is Cc1cc(OC2CCN(C(=O)CCc3cccc(Cl)c3)C2)cc(=O)n1C. The number of hydrogen-bond acceptors (Lipinski definition) is 3. The van der Waals surface area contributed by atoms with Gasteiger partial charge in [0, 0.05) is 43.2 Å². The third kappa shape index (κ3) is 4.47. The van der Waals surface area contributed by atoms with Crippen LogP contribution in [0.2, 0.25) is 5.02 Å². The summed E-state index contributed by atoms with van der Waals surface area (Å²) in [7, 11) is 1.73. The second kappa shape index (κ2) is 7.96. The number of likely N-dealkylation sites (tertiary alicyclic amines) is 1. The topological polar surface area (TPSA) is 51.5 Å². The minimum absolute atomic E-state index is 0.0726. The molecule has 0 radical (unpaired) electrons. The molecule has 5 nitrogen and oxygen atoms in total. The van der Waals surface area contributed by atoms with Crippen LogP contribution in [0.15, 0.2) is 41.2 Å². The molecule has 1 unspecified atom stereocenters. The fourth-order valence-electron chi connectivity index (χ4n) is 3.15. The molecule has 26 heavy (non-hydrogen) atoms. The molecule has 1 amide bonds. The number of carbonyl (C=O) groups excluding carboxylic acids is 1. The average molecular weight is 375 g/mol. The summed E-state index contributed by atoms with van der Waals surface area (Å²) >= 11 is 5.98. The highest BCUT2D eigenvalue weighted by atomic mass is 35.5. The van der Waals surface area contributed by atoms with Crippen molar-refractivity contribution < 1.29 is 9.53 Å². The summed E-state index contributed by atoms with van der Waals surface area (Å²) in [6.07, 6.45) is 1.83. The Morgan fingerprint density at radius 1 is 1.31 bits per heavy atom. The number of halogens is 1. The summed E-state index contributed by atoms with van der Waals surface area (Å²) < 4.78 is 7.50. The van der Waals surface area contributed by atoms with Gasteiger partial charge in [0.05, 0.1) is 6.54 Å². The molecule has 1 fully saturated rings. The van der Waals surface area contributed by atoms with Crippen molar-refractivity contribution in [3.63, 3.8) is 0 Å². The molecule has 6 heteroatoms. The lowest BCUT2D eigenvalue weighted by Gasteiger charge is -2.18. The smallest absolute Gasteiger partial charge is 0.254 e. The van der Waals surface area contributed by atoms with Gasteiger partial charge < -0.3 is 14.2 Å². The highest BCUT2D eigenvalue weighted by Crippen LogP contribution is 2.19. The predicted octanol–water partition coefficient (Wildman–Crippen LogP) is 2.96. The number of nitrogens with zero attached hydrogens (tertiary/aromatic N) is 2. The Balaban J connectivity index is 1.53. The van der Waals surface area contributed by atoms with Gasteiger partial charge in [0.25, 0.3) is 5.56 Å². The molecule has 1 aromatic carbocycles. The van der Waals surface area contributed by atoms with Crippen molar-refractivity contribution in [1.82, 2.24) is 9.47 Å². The molecule has 138 valence electrons. The van der Waals surface area contributed by atoms with Crippen LogP contribution in [-0.4, -0.2) is 34.6 Å². The molecule has 2 aromatic rings. The molecule has 1 aliphatic heterocycles. The molecular weight excluding hydrogens is 352 g/mol. The van der Waals surface area contributed by atoms with E-state index in [1.807, 2.05) is 42.2 Å². The van der Waals surface area contributed by atoms with Gasteiger partial charge in [0.15, 0.2) is 0 Å². The van der Waals surface area contributed by atoms with Crippen LogP contribution in [0.3, 0.4) is 0 Å². The highest BCUT2D eigenvalue weighted by molar-refractivity contribution is 6.30. The fourth-order valence-corrected chi connectivity index (χ4v) is 3.36. The normalized spacial score (nSPS) is 16.7. The summed E-state index contributed by atoms with van der Waals surface area (Å²) in [6.45, 7) is 3.11. The number of aromatic nitrogens is 1. The lowest BCUT2D eigenvalue weighted by Crippen LogP contribution is -2.31. The van der Waals surface area contributed by atoms with Gasteiger partial charge in [-0.15, -0.1) is 0 Å². The van der Waals surface area contributed by atoms with E-state index < -0.39 is 0 Å². The summed E-state index contributed by atoms with van der Waals surface area (Å²) in [6, 6.07) is 10.9. The number of hydrogen-bond donors (Lipinski definition) is 0. The molecule has 0 N–H and O–H groups in total. The van der Waals surface area contributed by atoms with Crippen LogP contribution in [-0.2, 0) is 18.3 Å². The van der Waals surface area contributed by atoms with Gasteiger partial charge in [0.2, 0.25) is 5.91 Å².